The van der Waals surface area contributed by atoms with Crippen LogP contribution in [0.2, 0.25) is 0 Å². The quantitative estimate of drug-likeness (QED) is 0.0640. The lowest BCUT2D eigenvalue weighted by Crippen LogP contribution is -2.49. The second-order valence-corrected chi connectivity index (χ2v) is 15.7. The largest absolute Gasteiger partial charge is 0.480 e. The Balaban J connectivity index is 0.761. The first-order valence-corrected chi connectivity index (χ1v) is 21.7. The Hall–Kier alpha value is -6.90. The van der Waals surface area contributed by atoms with Crippen LogP contribution in [0.5, 0.6) is 5.88 Å². The zero-order chi connectivity index (χ0) is 45.7. The zero-order valence-electron chi connectivity index (χ0n) is 36.8. The van der Waals surface area contributed by atoms with Crippen LogP contribution in [-0.4, -0.2) is 131 Å². The van der Waals surface area contributed by atoms with Crippen molar-refractivity contribution in [3.05, 3.63) is 88.0 Å². The maximum absolute atomic E-state index is 13.6. The molecule has 0 bridgehead atoms. The number of anilines is 5. The van der Waals surface area contributed by atoms with Gasteiger partial charge in [-0.05, 0) is 62.6 Å². The lowest BCUT2D eigenvalue weighted by molar-refractivity contribution is -0.122. The molecule has 7 rings (SSSR count). The maximum atomic E-state index is 13.6. The number of nitrogens with zero attached hydrogens (tertiary/aromatic N) is 8. The number of Topliss-reactive ketones (excluding diaryl/α,β-unsaturated/α-hetero) is 1. The molecule has 20 nitrogen and oxygen atoms in total. The zero-order valence-corrected chi connectivity index (χ0v) is 36.8. The van der Waals surface area contributed by atoms with E-state index in [0.717, 1.165) is 44.5 Å². The van der Waals surface area contributed by atoms with Gasteiger partial charge in [-0.3, -0.25) is 33.4 Å². The molecule has 3 amide bonds. The number of carbonyl (C=O) groups is 4. The van der Waals surface area contributed by atoms with Gasteiger partial charge in [0.1, 0.15) is 11.5 Å². The Labute approximate surface area is 375 Å². The third-order valence-electron chi connectivity index (χ3n) is 11.3. The summed E-state index contributed by atoms with van der Waals surface area (Å²) in [5, 5.41) is 19.9. The molecule has 5 heterocycles. The van der Waals surface area contributed by atoms with E-state index in [9.17, 15) is 24.0 Å². The first-order chi connectivity index (χ1) is 31.6. The Morgan fingerprint density at radius 3 is 2.28 bits per heavy atom. The summed E-state index contributed by atoms with van der Waals surface area (Å²) in [4.78, 5) is 82.3. The van der Waals surface area contributed by atoms with E-state index < -0.39 is 5.91 Å². The van der Waals surface area contributed by atoms with Crippen molar-refractivity contribution < 1.29 is 33.4 Å². The summed E-state index contributed by atoms with van der Waals surface area (Å²) >= 11 is 0. The number of rotatable bonds is 20. The van der Waals surface area contributed by atoms with Crippen LogP contribution >= 0.6 is 0 Å². The average Bonchev–Trinajstić information content (AvgIpc) is 3.84. The highest BCUT2D eigenvalue weighted by Gasteiger charge is 2.26. The van der Waals surface area contributed by atoms with E-state index in [1.165, 1.54) is 14.0 Å². The summed E-state index contributed by atoms with van der Waals surface area (Å²) in [5.41, 5.74) is 2.59. The predicted molar refractivity (Wildman–Crippen MR) is 243 cm³/mol. The number of methoxy groups -OCH3 is 1. The molecule has 1 saturated heterocycles. The Kier molecular flexibility index (Phi) is 15.7. The fourth-order valence-electron chi connectivity index (χ4n) is 7.93. The summed E-state index contributed by atoms with van der Waals surface area (Å²) in [6, 6.07) is 13.6. The smallest absolute Gasteiger partial charge is 0.263 e. The van der Waals surface area contributed by atoms with Gasteiger partial charge >= 0.3 is 0 Å². The van der Waals surface area contributed by atoms with Crippen molar-refractivity contribution in [3.63, 3.8) is 0 Å². The van der Waals surface area contributed by atoms with Gasteiger partial charge in [0, 0.05) is 56.4 Å². The van der Waals surface area contributed by atoms with Crippen molar-refractivity contribution >= 4 is 63.5 Å². The SMILES string of the molecule is COc1ccc(NC(=O)c2ccccc2NC(=O)CCOCCOCCNC(=O)CN2CCN(c3ccc(Nc4ncc5c(C)c(C(C)=O)c(=O)n(C6CCCC6)c5n4)nc3)CC2)nn1. The number of amides is 3. The number of aromatic nitrogens is 6. The number of fused-ring (bicyclic) bond motifs is 1. The monoisotopic (exact) mass is 890 g/mol. The lowest BCUT2D eigenvalue weighted by atomic mass is 10.0. The van der Waals surface area contributed by atoms with Gasteiger partial charge in [0.15, 0.2) is 11.6 Å². The maximum Gasteiger partial charge on any atom is 0.263 e. The van der Waals surface area contributed by atoms with E-state index in [4.69, 9.17) is 19.2 Å². The van der Waals surface area contributed by atoms with E-state index in [0.29, 0.717) is 72.8 Å². The molecule has 1 aliphatic carbocycles. The van der Waals surface area contributed by atoms with Crippen LogP contribution in [0.25, 0.3) is 11.0 Å². The molecule has 4 N–H and O–H groups in total. The minimum atomic E-state index is -0.455. The van der Waals surface area contributed by atoms with Crippen molar-refractivity contribution in [1.82, 2.24) is 39.9 Å². The van der Waals surface area contributed by atoms with Crippen molar-refractivity contribution in [1.29, 1.82) is 0 Å². The fourth-order valence-corrected chi connectivity index (χ4v) is 7.93. The van der Waals surface area contributed by atoms with Crippen LogP contribution in [0.4, 0.5) is 29.0 Å². The molecule has 1 saturated carbocycles. The van der Waals surface area contributed by atoms with Crippen molar-refractivity contribution in [3.8, 4) is 5.88 Å². The Morgan fingerprint density at radius 2 is 1.57 bits per heavy atom. The second-order valence-electron chi connectivity index (χ2n) is 15.7. The van der Waals surface area contributed by atoms with Crippen molar-refractivity contribution in [2.45, 2.75) is 52.0 Å². The first kappa shape index (κ1) is 46.1. The summed E-state index contributed by atoms with van der Waals surface area (Å²) in [6.07, 6.45) is 7.31. The van der Waals surface area contributed by atoms with Crippen LogP contribution in [-0.2, 0) is 19.1 Å². The molecule has 2 aliphatic rings. The summed E-state index contributed by atoms with van der Waals surface area (Å²) in [7, 11) is 1.47. The highest BCUT2D eigenvalue weighted by atomic mass is 16.5. The predicted octanol–water partition coefficient (Wildman–Crippen LogP) is 3.91. The standard InChI is InChI=1S/C45H54N12O8/c1-29-34-27-48-45(52-42(34)57(31-8-4-5-9-31)44(62)41(29)30(2)58)51-36-13-12-32(26-47-36)56-20-18-55(19-21-56)28-39(60)46-17-23-65-25-24-64-22-16-38(59)49-35-11-7-6-10-33(35)43(61)50-37-14-15-40(63-3)54-53-37/h6-7,10-15,26-27,31H,4-5,8-9,16-25,28H2,1-3H3,(H,46,60)(H,49,59)(H,50,53,61)(H,47,48,51,52). The number of carbonyl (C=O) groups excluding carboxylic acids is 4. The molecule has 4 aromatic heterocycles. The number of benzene rings is 1. The number of hydrogen-bond acceptors (Lipinski definition) is 16. The second kappa shape index (κ2) is 22.1. The van der Waals surface area contributed by atoms with Gasteiger partial charge in [0.25, 0.3) is 11.5 Å². The molecule has 0 spiro atoms. The lowest BCUT2D eigenvalue weighted by Gasteiger charge is -2.35. The van der Waals surface area contributed by atoms with Crippen LogP contribution in [0, 0.1) is 6.92 Å². The van der Waals surface area contributed by atoms with Crippen LogP contribution in [0.3, 0.4) is 0 Å². The topological polar surface area (TPSA) is 237 Å². The highest BCUT2D eigenvalue weighted by molar-refractivity contribution is 6.09. The fraction of sp³-hybridized carbons (Fsp3) is 0.422. The van der Waals surface area contributed by atoms with Gasteiger partial charge in [-0.2, -0.15) is 4.98 Å². The third kappa shape index (κ3) is 12.0. The number of piperazine rings is 1. The number of aryl methyl sites for hydroxylation is 1. The van der Waals surface area contributed by atoms with Gasteiger partial charge in [-0.15, -0.1) is 10.2 Å². The minimum absolute atomic E-state index is 0.00936. The van der Waals surface area contributed by atoms with Crippen LogP contribution < -0.4 is 36.5 Å². The molecule has 342 valence electrons. The molecule has 0 unspecified atom stereocenters. The van der Waals surface area contributed by atoms with E-state index >= 15 is 0 Å². The Morgan fingerprint density at radius 1 is 0.815 bits per heavy atom. The van der Waals surface area contributed by atoms with E-state index in [-0.39, 0.29) is 72.3 Å². The van der Waals surface area contributed by atoms with Crippen LogP contribution in [0.1, 0.15) is 71.3 Å². The molecule has 5 aromatic rings. The number of hydrogen-bond donors (Lipinski definition) is 4. The Bertz CT molecular complexity index is 2520. The van der Waals surface area contributed by atoms with Gasteiger partial charge in [0.05, 0.1) is 75.2 Å². The molecule has 0 atom stereocenters. The molecule has 1 aromatic carbocycles. The van der Waals surface area contributed by atoms with Crippen LogP contribution in [0.15, 0.2) is 65.7 Å². The molecule has 0 radical (unpaired) electrons. The van der Waals surface area contributed by atoms with Gasteiger partial charge < -0.3 is 40.4 Å². The normalized spacial score (nSPS) is 14.3. The summed E-state index contributed by atoms with van der Waals surface area (Å²) < 4.78 is 17.8. The molecule has 20 heteroatoms. The van der Waals surface area contributed by atoms with E-state index in [2.05, 4.69) is 51.2 Å². The van der Waals surface area contributed by atoms with E-state index in [1.54, 1.807) is 60.3 Å². The number of ketones is 1. The highest BCUT2D eigenvalue weighted by Crippen LogP contribution is 2.32. The number of pyridine rings is 2. The summed E-state index contributed by atoms with van der Waals surface area (Å²) in [6.45, 7) is 7.76. The molecular weight excluding hydrogens is 837 g/mol. The molecule has 65 heavy (non-hydrogen) atoms. The molecule has 1 aliphatic heterocycles. The minimum Gasteiger partial charge on any atom is -0.480 e. The van der Waals surface area contributed by atoms with Crippen molar-refractivity contribution in [2.24, 2.45) is 0 Å². The first-order valence-electron chi connectivity index (χ1n) is 21.7. The van der Waals surface area contributed by atoms with Crippen molar-refractivity contribution in [2.75, 3.05) is 93.7 Å². The molecular formula is C45H54N12O8. The number of ether oxygens (including phenoxy) is 3. The van der Waals surface area contributed by atoms with E-state index in [1.807, 2.05) is 12.1 Å². The third-order valence-corrected chi connectivity index (χ3v) is 11.3. The molecule has 2 fully saturated rings. The number of para-hydroxylation sites is 1. The van der Waals surface area contributed by atoms with Gasteiger partial charge in [-0.25, -0.2) is 9.97 Å². The summed E-state index contributed by atoms with van der Waals surface area (Å²) in [5.74, 6) is 0.308. The number of nitrogens with one attached hydrogen (secondary N) is 4. The average molecular weight is 891 g/mol. The van der Waals surface area contributed by atoms with Gasteiger partial charge in [-0.1, -0.05) is 25.0 Å². The van der Waals surface area contributed by atoms with Gasteiger partial charge in [0.2, 0.25) is 23.6 Å².